The van der Waals surface area contributed by atoms with E-state index in [1.165, 1.54) is 77.1 Å². The molecule has 1 aliphatic rings. The van der Waals surface area contributed by atoms with Gasteiger partial charge in [-0.2, -0.15) is 0 Å². The highest BCUT2D eigenvalue weighted by Gasteiger charge is 2.24. The van der Waals surface area contributed by atoms with Crippen LogP contribution in [0.1, 0.15) is 0 Å². The molecule has 0 atom stereocenters. The minimum Gasteiger partial charge on any atom is -0.309 e. The first-order valence-electron chi connectivity index (χ1n) is 14.1. The van der Waals surface area contributed by atoms with E-state index in [9.17, 15) is 0 Å². The smallest absolute Gasteiger partial charge is 0.0547 e. The van der Waals surface area contributed by atoms with Crippen LogP contribution in [0.15, 0.2) is 146 Å². The summed E-state index contributed by atoms with van der Waals surface area (Å²) >= 11 is 0. The van der Waals surface area contributed by atoms with Crippen molar-refractivity contribution in [3.05, 3.63) is 146 Å². The highest BCUT2D eigenvalue weighted by atomic mass is 15.0. The number of pyridine rings is 1. The van der Waals surface area contributed by atoms with Crippen LogP contribution in [0, 0.1) is 0 Å². The van der Waals surface area contributed by atoms with Crippen LogP contribution in [0.4, 0.5) is 0 Å². The molecular weight excluding hydrogens is 496 g/mol. The summed E-state index contributed by atoms with van der Waals surface area (Å²) in [6.45, 7) is 0. The maximum Gasteiger partial charge on any atom is 0.0547 e. The summed E-state index contributed by atoms with van der Waals surface area (Å²) in [6, 6.07) is 48.5. The van der Waals surface area contributed by atoms with Crippen molar-refractivity contribution in [2.75, 3.05) is 0 Å². The van der Waals surface area contributed by atoms with Crippen molar-refractivity contribution in [3.8, 4) is 50.2 Å². The Kier molecular flexibility index (Phi) is 4.64. The summed E-state index contributed by atoms with van der Waals surface area (Å²) in [6.07, 6.45) is 3.95. The van der Waals surface area contributed by atoms with Crippen LogP contribution in [0.5, 0.6) is 0 Å². The predicted octanol–water partition coefficient (Wildman–Crippen LogP) is 10.3. The van der Waals surface area contributed by atoms with Gasteiger partial charge in [-0.05, 0) is 86.1 Å². The first-order chi connectivity index (χ1) is 20.3. The molecule has 0 radical (unpaired) electrons. The van der Waals surface area contributed by atoms with E-state index in [4.69, 9.17) is 0 Å². The molecule has 0 spiro atoms. The topological polar surface area (TPSA) is 17.8 Å². The van der Waals surface area contributed by atoms with Crippen molar-refractivity contribution in [3.63, 3.8) is 0 Å². The van der Waals surface area contributed by atoms with E-state index in [-0.39, 0.29) is 0 Å². The van der Waals surface area contributed by atoms with Gasteiger partial charge in [0.15, 0.2) is 0 Å². The lowest BCUT2D eigenvalue weighted by molar-refractivity contribution is 1.18. The van der Waals surface area contributed by atoms with Crippen molar-refractivity contribution in [2.24, 2.45) is 0 Å². The largest absolute Gasteiger partial charge is 0.309 e. The molecule has 0 bridgehead atoms. The van der Waals surface area contributed by atoms with Crippen molar-refractivity contribution in [1.29, 1.82) is 0 Å². The van der Waals surface area contributed by atoms with Crippen molar-refractivity contribution >= 4 is 32.6 Å². The standard InChI is InChI=1S/C39H24N2/c1-2-8-25(9-3-1)26-16-18-28(19-17-26)41-37-15-5-4-12-30(37)35-22-33-32-14-7-11-27-10-6-13-31(39(27)32)29-20-21-40-24-36(29)34(33)23-38(35)41/h1-24H. The first-order valence-corrected chi connectivity index (χ1v) is 14.1. The Hall–Kier alpha value is -5.47. The molecule has 8 aromatic rings. The third-order valence-corrected chi connectivity index (χ3v) is 8.64. The van der Waals surface area contributed by atoms with E-state index in [1.54, 1.807) is 0 Å². The second-order valence-corrected chi connectivity index (χ2v) is 10.8. The number of para-hydroxylation sites is 1. The number of rotatable bonds is 2. The van der Waals surface area contributed by atoms with Crippen molar-refractivity contribution in [2.45, 2.75) is 0 Å². The van der Waals surface area contributed by atoms with Crippen LogP contribution < -0.4 is 0 Å². The minimum absolute atomic E-state index is 1.15. The summed E-state index contributed by atoms with van der Waals surface area (Å²) in [5.41, 5.74) is 13.4. The Labute approximate surface area is 237 Å². The van der Waals surface area contributed by atoms with E-state index in [1.807, 2.05) is 12.4 Å². The fourth-order valence-corrected chi connectivity index (χ4v) is 6.81. The minimum atomic E-state index is 1.15. The molecule has 6 aromatic carbocycles. The van der Waals surface area contributed by atoms with Gasteiger partial charge in [-0.25, -0.2) is 0 Å². The summed E-state index contributed by atoms with van der Waals surface area (Å²) in [4.78, 5) is 4.60. The maximum atomic E-state index is 4.60. The third kappa shape index (κ3) is 3.22. The van der Waals surface area contributed by atoms with Gasteiger partial charge in [0.25, 0.3) is 0 Å². The summed E-state index contributed by atoms with van der Waals surface area (Å²) < 4.78 is 2.41. The van der Waals surface area contributed by atoms with Gasteiger partial charge < -0.3 is 4.57 Å². The van der Waals surface area contributed by atoms with E-state index in [0.717, 1.165) is 5.69 Å². The molecule has 1 aliphatic carbocycles. The Morgan fingerprint density at radius 2 is 1.15 bits per heavy atom. The molecule has 2 nitrogen and oxygen atoms in total. The number of aromatic nitrogens is 2. The lowest BCUT2D eigenvalue weighted by atomic mass is 9.92. The van der Waals surface area contributed by atoms with Crippen molar-refractivity contribution < 1.29 is 0 Å². The molecule has 190 valence electrons. The van der Waals surface area contributed by atoms with Crippen LogP contribution in [-0.2, 0) is 0 Å². The highest BCUT2D eigenvalue weighted by molar-refractivity contribution is 6.18. The van der Waals surface area contributed by atoms with Crippen molar-refractivity contribution in [1.82, 2.24) is 9.55 Å². The van der Waals surface area contributed by atoms with Gasteiger partial charge in [0.2, 0.25) is 0 Å². The molecule has 0 amide bonds. The normalized spacial score (nSPS) is 11.9. The Morgan fingerprint density at radius 3 is 1.98 bits per heavy atom. The van der Waals surface area contributed by atoms with Crippen LogP contribution in [-0.4, -0.2) is 9.55 Å². The molecule has 0 N–H and O–H groups in total. The second kappa shape index (κ2) is 8.51. The monoisotopic (exact) mass is 520 g/mol. The Balaban J connectivity index is 1.37. The average Bonchev–Trinajstić information content (AvgIpc) is 3.31. The van der Waals surface area contributed by atoms with E-state index >= 15 is 0 Å². The fraction of sp³-hybridized carbons (Fsp3) is 0. The fourth-order valence-electron chi connectivity index (χ4n) is 6.81. The number of hydrogen-bond donors (Lipinski definition) is 0. The number of fused-ring (bicyclic) bond motifs is 8. The molecule has 2 heterocycles. The van der Waals surface area contributed by atoms with Gasteiger partial charge in [-0.1, -0.05) is 97.1 Å². The van der Waals surface area contributed by atoms with E-state index in [2.05, 4.69) is 143 Å². The third-order valence-electron chi connectivity index (χ3n) is 8.64. The van der Waals surface area contributed by atoms with Gasteiger partial charge in [0.05, 0.1) is 11.0 Å². The SMILES string of the molecule is c1ccc(-c2ccc(-n3c4ccccc4c4cc5c(cc43)-c3cnccc3-c3cccc4cccc-5c34)cc2)cc1. The highest BCUT2D eigenvalue weighted by Crippen LogP contribution is 2.49. The van der Waals surface area contributed by atoms with Gasteiger partial charge >= 0.3 is 0 Å². The number of hydrogen-bond acceptors (Lipinski definition) is 1. The zero-order valence-electron chi connectivity index (χ0n) is 22.3. The Morgan fingerprint density at radius 1 is 0.439 bits per heavy atom. The van der Waals surface area contributed by atoms with Gasteiger partial charge in [-0.3, -0.25) is 4.98 Å². The van der Waals surface area contributed by atoms with Gasteiger partial charge in [0.1, 0.15) is 0 Å². The predicted molar refractivity (Wildman–Crippen MR) is 171 cm³/mol. The molecule has 0 unspecified atom stereocenters. The Bertz CT molecular complexity index is 2290. The molecule has 0 aliphatic heterocycles. The maximum absolute atomic E-state index is 4.60. The van der Waals surface area contributed by atoms with Gasteiger partial charge in [-0.15, -0.1) is 0 Å². The molecule has 41 heavy (non-hydrogen) atoms. The zero-order valence-corrected chi connectivity index (χ0v) is 22.3. The van der Waals surface area contributed by atoms with Crippen LogP contribution in [0.3, 0.4) is 0 Å². The molecule has 2 aromatic heterocycles. The molecule has 0 fully saturated rings. The van der Waals surface area contributed by atoms with Gasteiger partial charge in [0, 0.05) is 34.4 Å². The average molecular weight is 521 g/mol. The number of benzene rings is 6. The van der Waals surface area contributed by atoms with Crippen LogP contribution >= 0.6 is 0 Å². The quantitative estimate of drug-likeness (QED) is 0.222. The molecule has 2 heteroatoms. The summed E-state index contributed by atoms with van der Waals surface area (Å²) in [7, 11) is 0. The zero-order chi connectivity index (χ0) is 26.9. The number of nitrogens with zero attached hydrogens (tertiary/aromatic N) is 2. The van der Waals surface area contributed by atoms with E-state index in [0.29, 0.717) is 0 Å². The molecular formula is C39H24N2. The van der Waals surface area contributed by atoms with E-state index < -0.39 is 0 Å². The lowest BCUT2D eigenvalue weighted by Crippen LogP contribution is -1.95. The summed E-state index contributed by atoms with van der Waals surface area (Å²) in [5.74, 6) is 0. The summed E-state index contributed by atoms with van der Waals surface area (Å²) in [5, 5.41) is 5.08. The first kappa shape index (κ1) is 22.4. The van der Waals surface area contributed by atoms with Crippen LogP contribution in [0.2, 0.25) is 0 Å². The molecule has 0 saturated carbocycles. The van der Waals surface area contributed by atoms with Crippen LogP contribution in [0.25, 0.3) is 82.8 Å². The molecule has 9 rings (SSSR count). The lowest BCUT2D eigenvalue weighted by Gasteiger charge is -2.13. The second-order valence-electron chi connectivity index (χ2n) is 10.8. The molecule has 0 saturated heterocycles.